The molecule has 2 aromatic rings. The van der Waals surface area contributed by atoms with Crippen LogP contribution in [0.1, 0.15) is 52.5 Å². The van der Waals surface area contributed by atoms with Crippen LogP contribution in [0.5, 0.6) is 5.75 Å². The minimum absolute atomic E-state index is 0.107. The van der Waals surface area contributed by atoms with Crippen molar-refractivity contribution in [3.05, 3.63) is 45.8 Å². The van der Waals surface area contributed by atoms with Crippen molar-refractivity contribution in [2.24, 2.45) is 5.92 Å². The molecule has 6 heteroatoms. The zero-order valence-corrected chi connectivity index (χ0v) is 17.5. The Morgan fingerprint density at radius 3 is 2.71 bits per heavy atom. The average molecular weight is 402 g/mol. The fourth-order valence-corrected chi connectivity index (χ4v) is 4.82. The number of hydrogen-bond acceptors (Lipinski definition) is 5. The molecule has 0 saturated heterocycles. The maximum absolute atomic E-state index is 12.4. The highest BCUT2D eigenvalue weighted by atomic mass is 32.1. The van der Waals surface area contributed by atoms with E-state index in [2.05, 4.69) is 12.2 Å². The summed E-state index contributed by atoms with van der Waals surface area (Å²) in [6.45, 7) is 4.71. The Balaban J connectivity index is 1.57. The van der Waals surface area contributed by atoms with Crippen LogP contribution in [-0.2, 0) is 22.4 Å². The number of carbonyl (C=O) groups is 2. The Hall–Kier alpha value is -2.34. The number of anilines is 1. The van der Waals surface area contributed by atoms with Gasteiger partial charge in [-0.05, 0) is 56.2 Å². The first kappa shape index (κ1) is 20.4. The van der Waals surface area contributed by atoms with Crippen LogP contribution in [0.4, 0.5) is 5.00 Å². The molecule has 1 amide bonds. The molecule has 3 rings (SSSR count). The molecular weight excluding hydrogens is 374 g/mol. The Labute approximate surface area is 170 Å². The number of amides is 1. The van der Waals surface area contributed by atoms with Crippen molar-refractivity contribution in [2.45, 2.75) is 46.0 Å². The SMILES string of the molecule is COC(=O)c1c(NC(=O)CCCOc2ccc(C)cc2)sc2c1CCC(C)C2. The first-order valence-corrected chi connectivity index (χ1v) is 10.5. The molecule has 28 heavy (non-hydrogen) atoms. The number of thiophene rings is 1. The van der Waals surface area contributed by atoms with Crippen molar-refractivity contribution >= 4 is 28.2 Å². The molecule has 1 aliphatic carbocycles. The molecule has 1 aromatic heterocycles. The highest BCUT2D eigenvalue weighted by Crippen LogP contribution is 2.40. The van der Waals surface area contributed by atoms with Crippen LogP contribution in [-0.4, -0.2) is 25.6 Å². The smallest absolute Gasteiger partial charge is 0.341 e. The number of ether oxygens (including phenoxy) is 2. The van der Waals surface area contributed by atoms with E-state index in [-0.39, 0.29) is 11.9 Å². The lowest BCUT2D eigenvalue weighted by molar-refractivity contribution is -0.116. The van der Waals surface area contributed by atoms with E-state index in [1.807, 2.05) is 31.2 Å². The van der Waals surface area contributed by atoms with Gasteiger partial charge in [-0.25, -0.2) is 4.79 Å². The fourth-order valence-electron chi connectivity index (χ4n) is 3.40. The Morgan fingerprint density at radius 1 is 1.25 bits per heavy atom. The van der Waals surface area contributed by atoms with Gasteiger partial charge in [0.15, 0.2) is 0 Å². The lowest BCUT2D eigenvalue weighted by Crippen LogP contribution is -2.16. The minimum atomic E-state index is -0.370. The van der Waals surface area contributed by atoms with Crippen molar-refractivity contribution < 1.29 is 19.1 Å². The molecule has 0 fully saturated rings. The maximum atomic E-state index is 12.4. The summed E-state index contributed by atoms with van der Waals surface area (Å²) in [5, 5.41) is 3.55. The van der Waals surface area contributed by atoms with Gasteiger partial charge in [-0.15, -0.1) is 11.3 Å². The van der Waals surface area contributed by atoms with E-state index in [4.69, 9.17) is 9.47 Å². The van der Waals surface area contributed by atoms with Crippen LogP contribution < -0.4 is 10.1 Å². The van der Waals surface area contributed by atoms with E-state index in [9.17, 15) is 9.59 Å². The third-order valence-corrected chi connectivity index (χ3v) is 6.16. The first-order valence-electron chi connectivity index (χ1n) is 9.70. The Kier molecular flexibility index (Phi) is 6.73. The van der Waals surface area contributed by atoms with Gasteiger partial charge in [0.25, 0.3) is 0 Å². The molecule has 1 aromatic carbocycles. The van der Waals surface area contributed by atoms with Gasteiger partial charge in [0.2, 0.25) is 5.91 Å². The standard InChI is InChI=1S/C22H27NO4S/c1-14-6-9-16(10-7-14)27-12-4-5-19(24)23-21-20(22(25)26-3)17-11-8-15(2)13-18(17)28-21/h6-7,9-10,15H,4-5,8,11-13H2,1-3H3,(H,23,24). The van der Waals surface area contributed by atoms with Gasteiger partial charge >= 0.3 is 5.97 Å². The number of carbonyl (C=O) groups excluding carboxylic acids is 2. The van der Waals surface area contributed by atoms with Crippen LogP contribution in [0.25, 0.3) is 0 Å². The zero-order valence-electron chi connectivity index (χ0n) is 16.7. The van der Waals surface area contributed by atoms with Crippen LogP contribution in [0.15, 0.2) is 24.3 Å². The number of esters is 1. The highest BCUT2D eigenvalue weighted by Gasteiger charge is 2.28. The lowest BCUT2D eigenvalue weighted by atomic mass is 9.88. The van der Waals surface area contributed by atoms with Crippen LogP contribution in [0, 0.1) is 12.8 Å². The van der Waals surface area contributed by atoms with Crippen LogP contribution >= 0.6 is 11.3 Å². The predicted octanol–water partition coefficient (Wildman–Crippen LogP) is 4.77. The van der Waals surface area contributed by atoms with E-state index in [1.165, 1.54) is 28.9 Å². The van der Waals surface area contributed by atoms with E-state index in [1.54, 1.807) is 0 Å². The van der Waals surface area contributed by atoms with E-state index >= 15 is 0 Å². The van der Waals surface area contributed by atoms with Gasteiger partial charge in [-0.3, -0.25) is 4.79 Å². The van der Waals surface area contributed by atoms with Gasteiger partial charge in [0, 0.05) is 11.3 Å². The van der Waals surface area contributed by atoms with Gasteiger partial charge < -0.3 is 14.8 Å². The van der Waals surface area contributed by atoms with Crippen molar-refractivity contribution in [3.8, 4) is 5.75 Å². The Morgan fingerprint density at radius 2 is 2.00 bits per heavy atom. The van der Waals surface area contributed by atoms with E-state index < -0.39 is 0 Å². The molecule has 1 N–H and O–H groups in total. The lowest BCUT2D eigenvalue weighted by Gasteiger charge is -2.18. The summed E-state index contributed by atoms with van der Waals surface area (Å²) in [5.41, 5.74) is 2.77. The topological polar surface area (TPSA) is 64.6 Å². The van der Waals surface area contributed by atoms with Crippen LogP contribution in [0.2, 0.25) is 0 Å². The molecule has 150 valence electrons. The number of hydrogen-bond donors (Lipinski definition) is 1. The zero-order chi connectivity index (χ0) is 20.1. The molecule has 1 heterocycles. The molecule has 1 unspecified atom stereocenters. The molecule has 0 bridgehead atoms. The Bertz CT molecular complexity index is 841. The number of fused-ring (bicyclic) bond motifs is 1. The summed E-state index contributed by atoms with van der Waals surface area (Å²) in [4.78, 5) is 25.9. The molecule has 1 atom stereocenters. The van der Waals surface area contributed by atoms with Crippen molar-refractivity contribution in [1.82, 2.24) is 0 Å². The molecule has 0 aliphatic heterocycles. The van der Waals surface area contributed by atoms with Crippen molar-refractivity contribution in [1.29, 1.82) is 0 Å². The van der Waals surface area contributed by atoms with E-state index in [0.29, 0.717) is 35.9 Å². The van der Waals surface area contributed by atoms with Gasteiger partial charge in [0.05, 0.1) is 19.3 Å². The summed E-state index contributed by atoms with van der Waals surface area (Å²) in [6.07, 6.45) is 3.81. The summed E-state index contributed by atoms with van der Waals surface area (Å²) >= 11 is 1.51. The average Bonchev–Trinajstić information content (AvgIpc) is 3.02. The molecule has 5 nitrogen and oxygen atoms in total. The number of methoxy groups -OCH3 is 1. The second kappa shape index (κ2) is 9.24. The molecule has 0 spiro atoms. The van der Waals surface area contributed by atoms with Crippen LogP contribution in [0.3, 0.4) is 0 Å². The number of benzene rings is 1. The third-order valence-electron chi connectivity index (χ3n) is 4.99. The molecule has 1 aliphatic rings. The summed E-state index contributed by atoms with van der Waals surface area (Å²) < 4.78 is 10.6. The van der Waals surface area contributed by atoms with Crippen molar-refractivity contribution in [2.75, 3.05) is 19.0 Å². The maximum Gasteiger partial charge on any atom is 0.341 e. The van der Waals surface area contributed by atoms with E-state index in [0.717, 1.165) is 30.6 Å². The monoisotopic (exact) mass is 401 g/mol. The predicted molar refractivity (Wildman–Crippen MR) is 111 cm³/mol. The highest BCUT2D eigenvalue weighted by molar-refractivity contribution is 7.17. The fraction of sp³-hybridized carbons (Fsp3) is 0.455. The normalized spacial score (nSPS) is 15.6. The second-order valence-corrected chi connectivity index (χ2v) is 8.47. The summed E-state index contributed by atoms with van der Waals surface area (Å²) in [7, 11) is 1.38. The largest absolute Gasteiger partial charge is 0.494 e. The van der Waals surface area contributed by atoms with Gasteiger partial charge in [-0.1, -0.05) is 24.6 Å². The number of rotatable bonds is 7. The second-order valence-electron chi connectivity index (χ2n) is 7.36. The minimum Gasteiger partial charge on any atom is -0.494 e. The molecule has 0 radical (unpaired) electrons. The third kappa shape index (κ3) is 4.93. The number of nitrogens with one attached hydrogen (secondary N) is 1. The summed E-state index contributed by atoms with van der Waals surface area (Å²) in [5.74, 6) is 0.924. The van der Waals surface area contributed by atoms with Crippen molar-refractivity contribution in [3.63, 3.8) is 0 Å². The molecular formula is C22H27NO4S. The summed E-state index contributed by atoms with van der Waals surface area (Å²) in [6, 6.07) is 7.84. The molecule has 0 saturated carbocycles. The van der Waals surface area contributed by atoms with Gasteiger partial charge in [-0.2, -0.15) is 0 Å². The first-order chi connectivity index (χ1) is 13.5. The van der Waals surface area contributed by atoms with Gasteiger partial charge in [0.1, 0.15) is 10.8 Å². The quantitative estimate of drug-likeness (QED) is 0.536. The number of aryl methyl sites for hydroxylation is 1.